The first-order valence-corrected chi connectivity index (χ1v) is 9.42. The molecule has 24 heavy (non-hydrogen) atoms. The van der Waals surface area contributed by atoms with Crippen molar-refractivity contribution in [2.24, 2.45) is 0 Å². The van der Waals surface area contributed by atoms with Crippen molar-refractivity contribution in [1.82, 2.24) is 4.90 Å². The van der Waals surface area contributed by atoms with Crippen molar-refractivity contribution < 1.29 is 10.2 Å². The van der Waals surface area contributed by atoms with E-state index in [1.807, 2.05) is 17.4 Å². The van der Waals surface area contributed by atoms with Crippen molar-refractivity contribution in [3.8, 4) is 11.5 Å². The molecule has 0 radical (unpaired) electrons. The average Bonchev–Trinajstić information content (AvgIpc) is 3.09. The molecule has 2 aromatic rings. The van der Waals surface area contributed by atoms with Gasteiger partial charge in [0.05, 0.1) is 0 Å². The zero-order chi connectivity index (χ0) is 15.8. The van der Waals surface area contributed by atoms with Crippen LogP contribution in [0, 0.1) is 0 Å². The molecule has 2 heterocycles. The fraction of sp³-hybridized carbons (Fsp3) is 0.474. The lowest BCUT2D eigenvalue weighted by molar-refractivity contribution is 0.113. The lowest BCUT2D eigenvalue weighted by atomic mass is 9.74. The third-order valence-electron chi connectivity index (χ3n) is 5.51. The molecule has 0 bridgehead atoms. The van der Waals surface area contributed by atoms with Crippen molar-refractivity contribution in [3.05, 3.63) is 45.6 Å². The summed E-state index contributed by atoms with van der Waals surface area (Å²) in [6.07, 6.45) is 5.49. The lowest BCUT2D eigenvalue weighted by Crippen LogP contribution is -2.47. The molecule has 4 rings (SSSR count). The molecule has 1 aliphatic carbocycles. The van der Waals surface area contributed by atoms with E-state index < -0.39 is 0 Å². The van der Waals surface area contributed by atoms with Crippen LogP contribution in [0.4, 0.5) is 0 Å². The van der Waals surface area contributed by atoms with Crippen molar-refractivity contribution in [2.75, 3.05) is 13.1 Å². The number of piperidine rings is 1. The number of likely N-dealkylation sites (tertiary alicyclic amines) is 1. The Bertz CT molecular complexity index is 689. The summed E-state index contributed by atoms with van der Waals surface area (Å²) >= 11 is 1.85. The molecule has 2 aliphatic rings. The summed E-state index contributed by atoms with van der Waals surface area (Å²) in [4.78, 5) is 4.12. The Kier molecular flexibility index (Phi) is 5.52. The van der Waals surface area contributed by atoms with Crippen LogP contribution < -0.4 is 0 Å². The number of nitrogens with zero attached hydrogens (tertiary/aromatic N) is 1. The molecule has 0 saturated carbocycles. The second-order valence-electron chi connectivity index (χ2n) is 6.72. The van der Waals surface area contributed by atoms with Crippen molar-refractivity contribution in [3.63, 3.8) is 0 Å². The molecular weight excluding hydrogens is 386 g/mol. The van der Waals surface area contributed by atoms with Gasteiger partial charge >= 0.3 is 0 Å². The lowest BCUT2D eigenvalue weighted by Gasteiger charge is -2.45. The highest BCUT2D eigenvalue weighted by Crippen LogP contribution is 2.45. The average molecular weight is 410 g/mol. The van der Waals surface area contributed by atoms with Gasteiger partial charge in [-0.1, -0.05) is 12.1 Å². The molecule has 1 saturated heterocycles. The molecule has 1 fully saturated rings. The first kappa shape index (κ1) is 17.8. The van der Waals surface area contributed by atoms with Gasteiger partial charge in [-0.3, -0.25) is 4.90 Å². The van der Waals surface area contributed by atoms with E-state index in [2.05, 4.69) is 22.4 Å². The second-order valence-corrected chi connectivity index (χ2v) is 7.75. The standard InChI is InChI=1S/C19H23NO2S.BrH/c21-18-8-6-14-15-4-1-10-20(11-9-13-3-2-12-23-13)17(15)7-5-16(14)19(18)22;/h2-3,6,8,12,15,17,21-22H,1,4-5,7,9-11H2;1H/t15-,17-;/m0./s1. The Hall–Kier alpha value is -1.04. The summed E-state index contributed by atoms with van der Waals surface area (Å²) in [5.41, 5.74) is 2.24. The van der Waals surface area contributed by atoms with Gasteiger partial charge in [0, 0.05) is 23.0 Å². The Morgan fingerprint density at radius 2 is 2.04 bits per heavy atom. The second kappa shape index (κ2) is 7.46. The number of hydrogen-bond acceptors (Lipinski definition) is 4. The Labute approximate surface area is 157 Å². The molecule has 2 N–H and O–H groups in total. The first-order valence-electron chi connectivity index (χ1n) is 8.54. The molecule has 0 unspecified atom stereocenters. The minimum Gasteiger partial charge on any atom is -0.504 e. The number of fused-ring (bicyclic) bond motifs is 3. The van der Waals surface area contributed by atoms with Gasteiger partial charge in [0.1, 0.15) is 0 Å². The molecule has 1 aliphatic heterocycles. The largest absolute Gasteiger partial charge is 0.504 e. The maximum absolute atomic E-state index is 10.2. The number of halogens is 1. The van der Waals surface area contributed by atoms with E-state index in [9.17, 15) is 10.2 Å². The fourth-order valence-corrected chi connectivity index (χ4v) is 5.10. The normalized spacial score (nSPS) is 23.2. The summed E-state index contributed by atoms with van der Waals surface area (Å²) < 4.78 is 0. The van der Waals surface area contributed by atoms with Crippen LogP contribution in [0.3, 0.4) is 0 Å². The quantitative estimate of drug-likeness (QED) is 0.734. The van der Waals surface area contributed by atoms with Gasteiger partial charge in [0.2, 0.25) is 0 Å². The number of aromatic hydroxyl groups is 2. The summed E-state index contributed by atoms with van der Waals surface area (Å²) in [7, 11) is 0. The number of rotatable bonds is 3. The summed E-state index contributed by atoms with van der Waals surface area (Å²) in [5, 5.41) is 22.1. The van der Waals surface area contributed by atoms with E-state index in [-0.39, 0.29) is 28.5 Å². The van der Waals surface area contributed by atoms with Gasteiger partial charge in [-0.2, -0.15) is 0 Å². The van der Waals surface area contributed by atoms with Gasteiger partial charge in [0.25, 0.3) is 0 Å². The molecular formula is C19H24BrNO2S. The molecule has 5 heteroatoms. The Morgan fingerprint density at radius 3 is 2.83 bits per heavy atom. The van der Waals surface area contributed by atoms with E-state index in [0.29, 0.717) is 12.0 Å². The van der Waals surface area contributed by atoms with Crippen molar-refractivity contribution >= 4 is 28.3 Å². The van der Waals surface area contributed by atoms with Crippen molar-refractivity contribution in [2.45, 2.75) is 44.1 Å². The predicted octanol–water partition coefficient (Wildman–Crippen LogP) is 4.47. The summed E-state index contributed by atoms with van der Waals surface area (Å²) in [6, 6.07) is 8.62. The minimum absolute atomic E-state index is 0. The summed E-state index contributed by atoms with van der Waals surface area (Å²) in [6.45, 7) is 2.31. The van der Waals surface area contributed by atoms with Gasteiger partial charge in [0.15, 0.2) is 11.5 Å². The van der Waals surface area contributed by atoms with Crippen LogP contribution in [-0.4, -0.2) is 34.2 Å². The molecule has 1 aromatic carbocycles. The number of thiophene rings is 1. The van der Waals surface area contributed by atoms with Crippen LogP contribution in [0.2, 0.25) is 0 Å². The smallest absolute Gasteiger partial charge is 0.160 e. The summed E-state index contributed by atoms with van der Waals surface area (Å²) in [5.74, 6) is 0.631. The molecule has 0 spiro atoms. The van der Waals surface area contributed by atoms with E-state index in [1.165, 1.54) is 29.8 Å². The number of phenols is 2. The van der Waals surface area contributed by atoms with E-state index >= 15 is 0 Å². The minimum atomic E-state index is 0. The zero-order valence-corrected chi connectivity index (χ0v) is 16.2. The highest BCUT2D eigenvalue weighted by molar-refractivity contribution is 8.93. The van der Waals surface area contributed by atoms with Crippen LogP contribution in [0.25, 0.3) is 0 Å². The maximum atomic E-state index is 10.2. The number of hydrogen-bond donors (Lipinski definition) is 2. The van der Waals surface area contributed by atoms with Crippen LogP contribution in [0.15, 0.2) is 29.6 Å². The Morgan fingerprint density at radius 1 is 1.17 bits per heavy atom. The van der Waals surface area contributed by atoms with Gasteiger partial charge in [-0.15, -0.1) is 28.3 Å². The third-order valence-corrected chi connectivity index (χ3v) is 6.44. The van der Waals surface area contributed by atoms with E-state index in [1.54, 1.807) is 6.07 Å². The van der Waals surface area contributed by atoms with Crippen LogP contribution >= 0.6 is 28.3 Å². The first-order chi connectivity index (χ1) is 11.2. The van der Waals surface area contributed by atoms with Crippen LogP contribution in [0.1, 0.15) is 41.2 Å². The zero-order valence-electron chi connectivity index (χ0n) is 13.6. The fourth-order valence-electron chi connectivity index (χ4n) is 4.40. The van der Waals surface area contributed by atoms with Gasteiger partial charge in [-0.05, 0) is 67.6 Å². The monoisotopic (exact) mass is 409 g/mol. The van der Waals surface area contributed by atoms with E-state index in [0.717, 1.165) is 31.4 Å². The van der Waals surface area contributed by atoms with E-state index in [4.69, 9.17) is 0 Å². The maximum Gasteiger partial charge on any atom is 0.160 e. The molecule has 2 atom stereocenters. The highest BCUT2D eigenvalue weighted by Gasteiger charge is 2.37. The molecule has 130 valence electrons. The predicted molar refractivity (Wildman–Crippen MR) is 104 cm³/mol. The third kappa shape index (κ3) is 3.22. The van der Waals surface area contributed by atoms with Gasteiger partial charge < -0.3 is 10.2 Å². The van der Waals surface area contributed by atoms with Gasteiger partial charge in [-0.25, -0.2) is 0 Å². The number of phenolic OH excluding ortho intramolecular Hbond substituents is 2. The number of benzene rings is 1. The Balaban J connectivity index is 0.00000169. The topological polar surface area (TPSA) is 43.7 Å². The molecule has 3 nitrogen and oxygen atoms in total. The van der Waals surface area contributed by atoms with Crippen LogP contribution in [-0.2, 0) is 12.8 Å². The SMILES string of the molecule is Br.Oc1ccc2c(c1O)CC[C@H]1[C@H]2CCCN1CCc1cccs1. The molecule has 1 aromatic heterocycles. The molecule has 0 amide bonds. The van der Waals surface area contributed by atoms with Crippen LogP contribution in [0.5, 0.6) is 11.5 Å². The highest BCUT2D eigenvalue weighted by atomic mass is 79.9. The van der Waals surface area contributed by atoms with Crippen molar-refractivity contribution in [1.29, 1.82) is 0 Å².